The Balaban J connectivity index is 2.34. The number of hydrogen-bond acceptors (Lipinski definition) is 2. The minimum absolute atomic E-state index is 0.546. The molecule has 0 aromatic carbocycles. The van der Waals surface area contributed by atoms with Crippen LogP contribution in [0.15, 0.2) is 0 Å². The topological polar surface area (TPSA) is 40.5 Å². The van der Waals surface area contributed by atoms with E-state index in [1.165, 1.54) is 32.1 Å². The lowest BCUT2D eigenvalue weighted by molar-refractivity contribution is -0.0750. The summed E-state index contributed by atoms with van der Waals surface area (Å²) < 4.78 is 0. The lowest BCUT2D eigenvalue weighted by atomic mass is 9.81. The van der Waals surface area contributed by atoms with Crippen molar-refractivity contribution in [3.8, 4) is 0 Å². The van der Waals surface area contributed by atoms with Gasteiger partial charge in [-0.05, 0) is 25.7 Å². The summed E-state index contributed by atoms with van der Waals surface area (Å²) >= 11 is 0. The molecule has 1 saturated carbocycles. The maximum atomic E-state index is 9.88. The van der Waals surface area contributed by atoms with Gasteiger partial charge in [0.25, 0.3) is 0 Å². The summed E-state index contributed by atoms with van der Waals surface area (Å²) in [6.07, 6.45) is 7.26. The van der Waals surface area contributed by atoms with E-state index in [2.05, 4.69) is 0 Å². The van der Waals surface area contributed by atoms with Gasteiger partial charge in [0.1, 0.15) is 0 Å². The molecule has 1 aliphatic rings. The molecule has 14 heavy (non-hydrogen) atoms. The first-order valence-corrected chi connectivity index (χ1v) is 5.96. The Bertz CT molecular complexity index is 160. The fourth-order valence-electron chi connectivity index (χ4n) is 2.23. The molecule has 0 heterocycles. The van der Waals surface area contributed by atoms with Crippen LogP contribution in [0.4, 0.5) is 0 Å². The van der Waals surface area contributed by atoms with Gasteiger partial charge in [-0.15, -0.1) is 0 Å². The minimum atomic E-state index is -0.891. The summed E-state index contributed by atoms with van der Waals surface area (Å²) in [6, 6.07) is 0. The van der Waals surface area contributed by atoms with E-state index in [1.807, 2.05) is 6.92 Å². The van der Waals surface area contributed by atoms with Crippen molar-refractivity contribution in [3.63, 3.8) is 0 Å². The zero-order valence-electron chi connectivity index (χ0n) is 9.50. The van der Waals surface area contributed by atoms with Crippen molar-refractivity contribution in [2.45, 2.75) is 70.5 Å². The van der Waals surface area contributed by atoms with Crippen LogP contribution in [0.2, 0.25) is 0 Å². The van der Waals surface area contributed by atoms with E-state index in [9.17, 15) is 10.2 Å². The van der Waals surface area contributed by atoms with Crippen LogP contribution in [0.5, 0.6) is 0 Å². The van der Waals surface area contributed by atoms with E-state index >= 15 is 0 Å². The Hall–Kier alpha value is -0.0800. The van der Waals surface area contributed by atoms with Gasteiger partial charge in [-0.25, -0.2) is 0 Å². The smallest absolute Gasteiger partial charge is 0.0875 e. The second kappa shape index (κ2) is 5.13. The van der Waals surface area contributed by atoms with Crippen LogP contribution < -0.4 is 0 Å². The third-order valence-electron chi connectivity index (χ3n) is 3.72. The van der Waals surface area contributed by atoms with Crippen LogP contribution in [0, 0.1) is 5.92 Å². The third-order valence-corrected chi connectivity index (χ3v) is 3.72. The highest BCUT2D eigenvalue weighted by Gasteiger charge is 2.30. The van der Waals surface area contributed by atoms with Gasteiger partial charge in [0.15, 0.2) is 0 Å². The van der Waals surface area contributed by atoms with Gasteiger partial charge in [-0.1, -0.05) is 39.0 Å². The molecule has 0 bridgehead atoms. The third kappa shape index (κ3) is 3.25. The molecule has 0 aromatic heterocycles. The van der Waals surface area contributed by atoms with E-state index in [4.69, 9.17) is 0 Å². The van der Waals surface area contributed by atoms with Crippen LogP contribution in [0.3, 0.4) is 0 Å². The van der Waals surface area contributed by atoms with Crippen molar-refractivity contribution >= 4 is 0 Å². The van der Waals surface area contributed by atoms with Gasteiger partial charge in [0.2, 0.25) is 0 Å². The maximum absolute atomic E-state index is 9.88. The standard InChI is InChI=1S/C12H24O2/c1-3-12(2,14)11(13)9-10-7-5-4-6-8-10/h10-11,13-14H,3-9H2,1-2H3. The number of aliphatic hydroxyl groups is 2. The SMILES string of the molecule is CCC(C)(O)C(O)CC1CCCCC1. The normalized spacial score (nSPS) is 25.7. The minimum Gasteiger partial charge on any atom is -0.390 e. The number of aliphatic hydroxyl groups excluding tert-OH is 1. The van der Waals surface area contributed by atoms with Crippen molar-refractivity contribution < 1.29 is 10.2 Å². The molecular formula is C12H24O2. The van der Waals surface area contributed by atoms with Gasteiger partial charge >= 0.3 is 0 Å². The van der Waals surface area contributed by atoms with Crippen LogP contribution in [0.25, 0.3) is 0 Å². The molecule has 1 fully saturated rings. The highest BCUT2D eigenvalue weighted by atomic mass is 16.3. The average Bonchev–Trinajstić information content (AvgIpc) is 2.19. The first kappa shape index (κ1) is 12.0. The molecule has 2 heteroatoms. The summed E-state index contributed by atoms with van der Waals surface area (Å²) in [5.41, 5.74) is -0.891. The average molecular weight is 200 g/mol. The Kier molecular flexibility index (Phi) is 4.39. The Morgan fingerprint density at radius 1 is 1.29 bits per heavy atom. The highest BCUT2D eigenvalue weighted by molar-refractivity contribution is 4.82. The molecule has 2 N–H and O–H groups in total. The van der Waals surface area contributed by atoms with Crippen molar-refractivity contribution in [1.82, 2.24) is 0 Å². The van der Waals surface area contributed by atoms with E-state index in [0.717, 1.165) is 6.42 Å². The molecule has 0 saturated heterocycles. The molecular weight excluding hydrogens is 176 g/mol. The largest absolute Gasteiger partial charge is 0.390 e. The summed E-state index contributed by atoms with van der Waals surface area (Å²) in [7, 11) is 0. The first-order valence-electron chi connectivity index (χ1n) is 5.96. The fraction of sp³-hybridized carbons (Fsp3) is 1.00. The Labute approximate surface area is 87.3 Å². The molecule has 2 nitrogen and oxygen atoms in total. The van der Waals surface area contributed by atoms with Crippen LogP contribution in [0.1, 0.15) is 58.8 Å². The summed E-state index contributed by atoms with van der Waals surface area (Å²) in [5.74, 6) is 0.636. The zero-order chi connectivity index (χ0) is 10.6. The zero-order valence-corrected chi connectivity index (χ0v) is 9.50. The van der Waals surface area contributed by atoms with Crippen LogP contribution in [-0.2, 0) is 0 Å². The summed E-state index contributed by atoms with van der Waals surface area (Å²) in [5, 5.41) is 19.8. The van der Waals surface area contributed by atoms with Crippen molar-refractivity contribution in [2.24, 2.45) is 5.92 Å². The molecule has 2 atom stereocenters. The summed E-state index contributed by atoms with van der Waals surface area (Å²) in [4.78, 5) is 0. The number of hydrogen-bond donors (Lipinski definition) is 2. The van der Waals surface area contributed by atoms with Crippen molar-refractivity contribution in [2.75, 3.05) is 0 Å². The van der Waals surface area contributed by atoms with Crippen LogP contribution >= 0.6 is 0 Å². The van der Waals surface area contributed by atoms with Gasteiger partial charge in [-0.3, -0.25) is 0 Å². The van der Waals surface area contributed by atoms with E-state index < -0.39 is 11.7 Å². The van der Waals surface area contributed by atoms with E-state index in [0.29, 0.717) is 12.3 Å². The van der Waals surface area contributed by atoms with E-state index in [-0.39, 0.29) is 0 Å². The van der Waals surface area contributed by atoms with Gasteiger partial charge in [0, 0.05) is 0 Å². The second-order valence-corrected chi connectivity index (χ2v) is 4.97. The quantitative estimate of drug-likeness (QED) is 0.732. The molecule has 2 unspecified atom stereocenters. The van der Waals surface area contributed by atoms with Crippen molar-refractivity contribution in [1.29, 1.82) is 0 Å². The Morgan fingerprint density at radius 3 is 2.36 bits per heavy atom. The first-order chi connectivity index (χ1) is 6.56. The molecule has 1 aliphatic carbocycles. The van der Waals surface area contributed by atoms with Crippen LogP contribution in [-0.4, -0.2) is 21.9 Å². The molecule has 0 radical (unpaired) electrons. The molecule has 0 aromatic rings. The predicted molar refractivity (Wildman–Crippen MR) is 58.1 cm³/mol. The molecule has 0 amide bonds. The van der Waals surface area contributed by atoms with E-state index in [1.54, 1.807) is 6.92 Å². The molecule has 0 spiro atoms. The van der Waals surface area contributed by atoms with Gasteiger partial charge in [0.05, 0.1) is 11.7 Å². The fourth-order valence-corrected chi connectivity index (χ4v) is 2.23. The lowest BCUT2D eigenvalue weighted by Crippen LogP contribution is -2.40. The predicted octanol–water partition coefficient (Wildman–Crippen LogP) is 2.48. The maximum Gasteiger partial charge on any atom is 0.0875 e. The Morgan fingerprint density at radius 2 is 1.86 bits per heavy atom. The van der Waals surface area contributed by atoms with Gasteiger partial charge in [-0.2, -0.15) is 0 Å². The number of rotatable bonds is 4. The molecule has 0 aliphatic heterocycles. The van der Waals surface area contributed by atoms with Gasteiger partial charge < -0.3 is 10.2 Å². The van der Waals surface area contributed by atoms with Crippen molar-refractivity contribution in [3.05, 3.63) is 0 Å². The molecule has 1 rings (SSSR count). The summed E-state index contributed by atoms with van der Waals surface area (Å²) in [6.45, 7) is 3.66. The molecule has 84 valence electrons. The highest BCUT2D eigenvalue weighted by Crippen LogP contribution is 2.30. The second-order valence-electron chi connectivity index (χ2n) is 4.97. The monoisotopic (exact) mass is 200 g/mol. The lowest BCUT2D eigenvalue weighted by Gasteiger charge is -2.32.